The third kappa shape index (κ3) is 8.32. The van der Waals surface area contributed by atoms with E-state index >= 15 is 0 Å². The summed E-state index contributed by atoms with van der Waals surface area (Å²) in [7, 11) is 0. The van der Waals surface area contributed by atoms with E-state index in [9.17, 15) is 9.59 Å². The fourth-order valence-corrected chi connectivity index (χ4v) is 1.20. The molecular weight excluding hydrogens is 280 g/mol. The van der Waals surface area contributed by atoms with E-state index in [2.05, 4.69) is 24.5 Å². The van der Waals surface area contributed by atoms with Crippen molar-refractivity contribution in [2.45, 2.75) is 6.92 Å². The zero-order valence-corrected chi connectivity index (χ0v) is 12.6. The Morgan fingerprint density at radius 2 is 1.82 bits per heavy atom. The fourth-order valence-electron chi connectivity index (χ4n) is 1.20. The van der Waals surface area contributed by atoms with E-state index in [1.165, 1.54) is 18.6 Å². The van der Waals surface area contributed by atoms with E-state index in [0.717, 1.165) is 6.08 Å². The van der Waals surface area contributed by atoms with Gasteiger partial charge in [0.25, 0.3) is 0 Å². The van der Waals surface area contributed by atoms with Crippen molar-refractivity contribution in [2.24, 2.45) is 0 Å². The van der Waals surface area contributed by atoms with Gasteiger partial charge in [0.15, 0.2) is 0 Å². The SMILES string of the molecule is C=CCOC(=O)C(=C)C=C(C)C(=O)O.C=Cc1ccccc1. The second kappa shape index (κ2) is 10.9. The van der Waals surface area contributed by atoms with Crippen LogP contribution in [0.3, 0.4) is 0 Å². The van der Waals surface area contributed by atoms with Crippen molar-refractivity contribution in [3.63, 3.8) is 0 Å². The molecule has 0 heterocycles. The number of hydrogen-bond acceptors (Lipinski definition) is 3. The van der Waals surface area contributed by atoms with Crippen LogP contribution in [0.5, 0.6) is 0 Å². The molecule has 1 aromatic carbocycles. The van der Waals surface area contributed by atoms with E-state index in [1.54, 1.807) is 0 Å². The van der Waals surface area contributed by atoms with Crippen LogP contribution in [0.15, 0.2) is 73.4 Å². The Labute approximate surface area is 130 Å². The molecule has 0 radical (unpaired) electrons. The van der Waals surface area contributed by atoms with Crippen LogP contribution >= 0.6 is 0 Å². The third-order valence-electron chi connectivity index (χ3n) is 2.36. The quantitative estimate of drug-likeness (QED) is 0.377. The summed E-state index contributed by atoms with van der Waals surface area (Å²) in [5.41, 5.74) is 1.21. The molecule has 0 fully saturated rings. The number of rotatable bonds is 6. The van der Waals surface area contributed by atoms with Crippen LogP contribution in [0.4, 0.5) is 0 Å². The maximum absolute atomic E-state index is 11.1. The molecule has 0 bridgehead atoms. The average molecular weight is 300 g/mol. The zero-order valence-electron chi connectivity index (χ0n) is 12.6. The number of carbonyl (C=O) groups excluding carboxylic acids is 1. The summed E-state index contributed by atoms with van der Waals surface area (Å²) in [6, 6.07) is 10.0. The highest BCUT2D eigenvalue weighted by atomic mass is 16.5. The Bertz CT molecular complexity index is 568. The number of benzene rings is 1. The van der Waals surface area contributed by atoms with Crippen molar-refractivity contribution < 1.29 is 19.4 Å². The van der Waals surface area contributed by atoms with Gasteiger partial charge < -0.3 is 9.84 Å². The van der Waals surface area contributed by atoms with E-state index < -0.39 is 11.9 Å². The lowest BCUT2D eigenvalue weighted by molar-refractivity contribution is -0.137. The van der Waals surface area contributed by atoms with Crippen LogP contribution in [0.1, 0.15) is 12.5 Å². The number of ether oxygens (including phenoxy) is 1. The second-order valence-electron chi connectivity index (χ2n) is 4.16. The van der Waals surface area contributed by atoms with E-state index in [-0.39, 0.29) is 17.8 Å². The lowest BCUT2D eigenvalue weighted by atomic mass is 10.2. The molecule has 0 aromatic heterocycles. The maximum atomic E-state index is 11.1. The molecule has 1 N–H and O–H groups in total. The van der Waals surface area contributed by atoms with Gasteiger partial charge in [0.1, 0.15) is 6.61 Å². The molecular formula is C18H20O4. The molecule has 0 aliphatic carbocycles. The van der Waals surface area contributed by atoms with Gasteiger partial charge in [0.2, 0.25) is 0 Å². The van der Waals surface area contributed by atoms with Crippen molar-refractivity contribution in [2.75, 3.05) is 6.61 Å². The predicted octanol–water partition coefficient (Wildman–Crippen LogP) is 3.63. The molecule has 0 saturated carbocycles. The number of carboxylic acid groups (broad SMARTS) is 1. The molecule has 0 saturated heterocycles. The molecule has 0 amide bonds. The fraction of sp³-hybridized carbons (Fsp3) is 0.111. The molecule has 116 valence electrons. The molecule has 0 unspecified atom stereocenters. The summed E-state index contributed by atoms with van der Waals surface area (Å²) in [6.07, 6.45) is 4.41. The lowest BCUT2D eigenvalue weighted by Crippen LogP contribution is -2.07. The van der Waals surface area contributed by atoms with Crippen LogP contribution < -0.4 is 0 Å². The topological polar surface area (TPSA) is 63.6 Å². The summed E-state index contributed by atoms with van der Waals surface area (Å²) >= 11 is 0. The molecule has 0 aliphatic heterocycles. The van der Waals surface area contributed by atoms with Gasteiger partial charge >= 0.3 is 11.9 Å². The van der Waals surface area contributed by atoms with Gasteiger partial charge in [-0.3, -0.25) is 0 Å². The highest BCUT2D eigenvalue weighted by Gasteiger charge is 2.07. The first-order chi connectivity index (χ1) is 10.4. The van der Waals surface area contributed by atoms with Gasteiger partial charge in [0.05, 0.1) is 5.57 Å². The van der Waals surface area contributed by atoms with Crippen molar-refractivity contribution in [1.29, 1.82) is 0 Å². The average Bonchev–Trinajstić information content (AvgIpc) is 2.53. The standard InChI is InChI=1S/C10H12O4.C8H8/c1-4-5-14-10(13)8(3)6-7(2)9(11)12;1-2-8-6-4-3-5-7-8/h4,6H,1,3,5H2,2H3,(H,11,12);2-7H,1H2. The van der Waals surface area contributed by atoms with Gasteiger partial charge in [-0.15, -0.1) is 0 Å². The molecule has 1 aromatic rings. The summed E-state index contributed by atoms with van der Waals surface area (Å²) in [5.74, 6) is -1.74. The van der Waals surface area contributed by atoms with Crippen molar-refractivity contribution in [3.8, 4) is 0 Å². The van der Waals surface area contributed by atoms with Crippen LogP contribution in [0.2, 0.25) is 0 Å². The van der Waals surface area contributed by atoms with Crippen molar-refractivity contribution in [1.82, 2.24) is 0 Å². The molecule has 1 rings (SSSR count). The normalized spacial score (nSPS) is 9.77. The minimum Gasteiger partial charge on any atom is -0.478 e. The molecule has 0 spiro atoms. The summed E-state index contributed by atoms with van der Waals surface area (Å²) in [5, 5.41) is 8.51. The minimum absolute atomic E-state index is 0.00625. The highest BCUT2D eigenvalue weighted by molar-refractivity contribution is 5.94. The maximum Gasteiger partial charge on any atom is 0.337 e. The minimum atomic E-state index is -1.09. The van der Waals surface area contributed by atoms with Crippen LogP contribution in [0.25, 0.3) is 6.08 Å². The van der Waals surface area contributed by atoms with Gasteiger partial charge in [0, 0.05) is 5.57 Å². The van der Waals surface area contributed by atoms with Gasteiger partial charge in [-0.05, 0) is 18.6 Å². The third-order valence-corrected chi connectivity index (χ3v) is 2.36. The summed E-state index contributed by atoms with van der Waals surface area (Å²) < 4.78 is 4.64. The number of carbonyl (C=O) groups is 2. The monoisotopic (exact) mass is 300 g/mol. The highest BCUT2D eigenvalue weighted by Crippen LogP contribution is 2.02. The Balaban J connectivity index is 0.000000461. The smallest absolute Gasteiger partial charge is 0.337 e. The second-order valence-corrected chi connectivity index (χ2v) is 4.16. The summed E-state index contributed by atoms with van der Waals surface area (Å²) in [4.78, 5) is 21.4. The largest absolute Gasteiger partial charge is 0.478 e. The van der Waals surface area contributed by atoms with Crippen LogP contribution in [0, 0.1) is 0 Å². The van der Waals surface area contributed by atoms with Crippen LogP contribution in [-0.4, -0.2) is 23.7 Å². The van der Waals surface area contributed by atoms with Crippen molar-refractivity contribution >= 4 is 18.0 Å². The molecule has 0 atom stereocenters. The van der Waals surface area contributed by atoms with Crippen molar-refractivity contribution in [3.05, 3.63) is 78.9 Å². The van der Waals surface area contributed by atoms with Gasteiger partial charge in [-0.25, -0.2) is 9.59 Å². The number of esters is 1. The molecule has 22 heavy (non-hydrogen) atoms. The van der Waals surface area contributed by atoms with E-state index in [1.807, 2.05) is 36.4 Å². The number of carboxylic acids is 1. The lowest BCUT2D eigenvalue weighted by Gasteiger charge is -2.01. The Morgan fingerprint density at radius 1 is 1.23 bits per heavy atom. The van der Waals surface area contributed by atoms with E-state index in [0.29, 0.717) is 0 Å². The Morgan fingerprint density at radius 3 is 2.23 bits per heavy atom. The first-order valence-corrected chi connectivity index (χ1v) is 6.48. The van der Waals surface area contributed by atoms with Crippen LogP contribution in [-0.2, 0) is 14.3 Å². The number of hydrogen-bond donors (Lipinski definition) is 1. The van der Waals surface area contributed by atoms with E-state index in [4.69, 9.17) is 5.11 Å². The predicted molar refractivity (Wildman–Crippen MR) is 88.2 cm³/mol. The van der Waals surface area contributed by atoms with Gasteiger partial charge in [-0.1, -0.05) is 62.2 Å². The number of aliphatic carboxylic acids is 1. The first-order valence-electron chi connectivity index (χ1n) is 6.48. The Hall–Kier alpha value is -2.88. The summed E-state index contributed by atoms with van der Waals surface area (Å²) in [6.45, 7) is 11.8. The van der Waals surface area contributed by atoms with Gasteiger partial charge in [-0.2, -0.15) is 0 Å². The molecule has 0 aliphatic rings. The zero-order chi connectivity index (χ0) is 17.0. The first kappa shape index (κ1) is 19.1. The Kier molecular flexibility index (Phi) is 9.43. The molecule has 4 nitrogen and oxygen atoms in total. The molecule has 4 heteroatoms.